The Morgan fingerprint density at radius 2 is 2.25 bits per heavy atom. The Morgan fingerprint density at radius 1 is 1.45 bits per heavy atom. The molecule has 0 saturated carbocycles. The Hall–Kier alpha value is -0.510. The predicted molar refractivity (Wildman–Crippen MR) is 81.3 cm³/mol. The van der Waals surface area contributed by atoms with Gasteiger partial charge in [0.05, 0.1) is 11.6 Å². The average molecular weight is 320 g/mol. The molecule has 1 aliphatic rings. The summed E-state index contributed by atoms with van der Waals surface area (Å²) in [7, 11) is 0. The Kier molecular flexibility index (Phi) is 5.94. The summed E-state index contributed by atoms with van der Waals surface area (Å²) in [6.45, 7) is 4.80. The summed E-state index contributed by atoms with van der Waals surface area (Å²) in [6.07, 6.45) is 3.51. The van der Waals surface area contributed by atoms with E-state index in [9.17, 15) is 4.39 Å². The van der Waals surface area contributed by atoms with Crippen LogP contribution in [0.15, 0.2) is 12.1 Å². The van der Waals surface area contributed by atoms with Crippen LogP contribution in [0.3, 0.4) is 0 Å². The first-order chi connectivity index (χ1) is 9.58. The molecule has 1 fully saturated rings. The van der Waals surface area contributed by atoms with Crippen molar-refractivity contribution in [1.82, 2.24) is 5.32 Å². The third-order valence-corrected chi connectivity index (χ3v) is 4.53. The summed E-state index contributed by atoms with van der Waals surface area (Å²) < 4.78 is 19.2. The van der Waals surface area contributed by atoms with Gasteiger partial charge in [-0.05, 0) is 56.3 Å². The number of benzene rings is 1. The minimum Gasteiger partial charge on any atom is -0.489 e. The maximum absolute atomic E-state index is 13.6. The highest BCUT2D eigenvalue weighted by atomic mass is 35.5. The van der Waals surface area contributed by atoms with Crippen molar-refractivity contribution < 1.29 is 9.13 Å². The van der Waals surface area contributed by atoms with Gasteiger partial charge in [-0.15, -0.1) is 0 Å². The van der Waals surface area contributed by atoms with Crippen LogP contribution in [-0.4, -0.2) is 19.7 Å². The second-order valence-electron chi connectivity index (χ2n) is 5.52. The van der Waals surface area contributed by atoms with Crippen molar-refractivity contribution in [3.8, 4) is 5.75 Å². The van der Waals surface area contributed by atoms with Crippen LogP contribution in [0.1, 0.15) is 26.2 Å². The molecule has 1 saturated heterocycles. The van der Waals surface area contributed by atoms with Gasteiger partial charge in [-0.1, -0.05) is 30.1 Å². The number of ether oxygens (including phenoxy) is 1. The minimum atomic E-state index is -0.466. The molecule has 2 nitrogen and oxygen atoms in total. The fraction of sp³-hybridized carbons (Fsp3) is 0.600. The largest absolute Gasteiger partial charge is 0.489 e. The van der Waals surface area contributed by atoms with Crippen LogP contribution in [0, 0.1) is 17.7 Å². The maximum atomic E-state index is 13.6. The molecule has 5 heteroatoms. The summed E-state index contributed by atoms with van der Waals surface area (Å²) >= 11 is 11.8. The number of hydrogen-bond donors (Lipinski definition) is 1. The summed E-state index contributed by atoms with van der Waals surface area (Å²) in [5, 5.41) is 3.83. The molecular weight excluding hydrogens is 300 g/mol. The van der Waals surface area contributed by atoms with Gasteiger partial charge in [0.1, 0.15) is 5.02 Å². The molecule has 1 aromatic carbocycles. The van der Waals surface area contributed by atoms with Gasteiger partial charge in [-0.2, -0.15) is 0 Å². The fourth-order valence-corrected chi connectivity index (χ4v) is 2.79. The molecule has 0 aliphatic carbocycles. The van der Waals surface area contributed by atoms with Crippen molar-refractivity contribution in [2.75, 3.05) is 19.7 Å². The molecule has 112 valence electrons. The minimum absolute atomic E-state index is 0.0635. The molecule has 20 heavy (non-hydrogen) atoms. The zero-order chi connectivity index (χ0) is 14.5. The van der Waals surface area contributed by atoms with E-state index < -0.39 is 5.82 Å². The van der Waals surface area contributed by atoms with Crippen molar-refractivity contribution in [2.45, 2.75) is 26.2 Å². The van der Waals surface area contributed by atoms with Gasteiger partial charge >= 0.3 is 0 Å². The molecule has 1 aliphatic heterocycles. The van der Waals surface area contributed by atoms with Crippen molar-refractivity contribution in [3.05, 3.63) is 28.0 Å². The number of halogens is 3. The van der Waals surface area contributed by atoms with Gasteiger partial charge in [0, 0.05) is 0 Å². The molecule has 1 heterocycles. The van der Waals surface area contributed by atoms with E-state index in [1.54, 1.807) is 0 Å². The van der Waals surface area contributed by atoms with Crippen molar-refractivity contribution in [2.24, 2.45) is 11.8 Å². The SMILES string of the molecule is CC(CCC1CCNC1)COc1c(F)ccc(Cl)c1Cl. The van der Waals surface area contributed by atoms with Gasteiger partial charge in [-0.3, -0.25) is 0 Å². The highest BCUT2D eigenvalue weighted by Gasteiger charge is 2.17. The van der Waals surface area contributed by atoms with E-state index >= 15 is 0 Å². The second-order valence-corrected chi connectivity index (χ2v) is 6.31. The second kappa shape index (κ2) is 7.48. The lowest BCUT2D eigenvalue weighted by Gasteiger charge is -2.16. The quantitative estimate of drug-likeness (QED) is 0.777. The third kappa shape index (κ3) is 4.24. The van der Waals surface area contributed by atoms with Crippen molar-refractivity contribution in [3.63, 3.8) is 0 Å². The molecular formula is C15H20Cl2FNO. The predicted octanol–water partition coefficient (Wildman–Crippen LogP) is 4.54. The summed E-state index contributed by atoms with van der Waals surface area (Å²) in [5.41, 5.74) is 0. The lowest BCUT2D eigenvalue weighted by Crippen LogP contribution is -2.13. The van der Waals surface area contributed by atoms with Crippen LogP contribution in [-0.2, 0) is 0 Å². The Bertz CT molecular complexity index is 450. The standard InChI is InChI=1S/C15H20Cl2FNO/c1-10(2-3-11-6-7-19-8-11)9-20-15-13(18)5-4-12(16)14(15)17/h4-5,10-11,19H,2-3,6-9H2,1H3. The van der Waals surface area contributed by atoms with E-state index in [1.165, 1.54) is 25.0 Å². The lowest BCUT2D eigenvalue weighted by atomic mass is 9.97. The average Bonchev–Trinajstić information content (AvgIpc) is 2.94. The summed E-state index contributed by atoms with van der Waals surface area (Å²) in [4.78, 5) is 0. The summed E-state index contributed by atoms with van der Waals surface area (Å²) in [6, 6.07) is 2.71. The zero-order valence-electron chi connectivity index (χ0n) is 11.6. The summed E-state index contributed by atoms with van der Waals surface area (Å²) in [5.74, 6) is 0.731. The monoisotopic (exact) mass is 319 g/mol. The number of rotatable bonds is 6. The van der Waals surface area contributed by atoms with Crippen LogP contribution in [0.25, 0.3) is 0 Å². The van der Waals surface area contributed by atoms with E-state index in [0.29, 0.717) is 17.5 Å². The topological polar surface area (TPSA) is 21.3 Å². The Balaban J connectivity index is 1.80. The molecule has 0 amide bonds. The van der Waals surface area contributed by atoms with E-state index in [1.807, 2.05) is 0 Å². The molecule has 0 aromatic heterocycles. The Morgan fingerprint density at radius 3 is 2.95 bits per heavy atom. The lowest BCUT2D eigenvalue weighted by molar-refractivity contribution is 0.235. The smallest absolute Gasteiger partial charge is 0.175 e. The number of hydrogen-bond acceptors (Lipinski definition) is 2. The fourth-order valence-electron chi connectivity index (χ4n) is 2.43. The molecule has 0 bridgehead atoms. The maximum Gasteiger partial charge on any atom is 0.175 e. The zero-order valence-corrected chi connectivity index (χ0v) is 13.1. The molecule has 2 rings (SSSR count). The van der Waals surface area contributed by atoms with E-state index in [-0.39, 0.29) is 10.8 Å². The van der Waals surface area contributed by atoms with Crippen molar-refractivity contribution in [1.29, 1.82) is 0 Å². The highest BCUT2D eigenvalue weighted by molar-refractivity contribution is 6.42. The first kappa shape index (κ1) is 15.9. The highest BCUT2D eigenvalue weighted by Crippen LogP contribution is 2.34. The van der Waals surface area contributed by atoms with Crippen LogP contribution in [0.4, 0.5) is 4.39 Å². The van der Waals surface area contributed by atoms with Gasteiger partial charge in [0.15, 0.2) is 11.6 Å². The molecule has 1 aromatic rings. The van der Waals surface area contributed by atoms with Gasteiger partial charge in [0.25, 0.3) is 0 Å². The van der Waals surface area contributed by atoms with Crippen LogP contribution in [0.5, 0.6) is 5.75 Å². The molecule has 0 spiro atoms. The van der Waals surface area contributed by atoms with E-state index in [4.69, 9.17) is 27.9 Å². The third-order valence-electron chi connectivity index (χ3n) is 3.74. The van der Waals surface area contributed by atoms with E-state index in [0.717, 1.165) is 25.4 Å². The molecule has 1 N–H and O–H groups in total. The van der Waals surface area contributed by atoms with Gasteiger partial charge in [0.2, 0.25) is 0 Å². The first-order valence-corrected chi connectivity index (χ1v) is 7.80. The van der Waals surface area contributed by atoms with E-state index in [2.05, 4.69) is 12.2 Å². The van der Waals surface area contributed by atoms with Crippen molar-refractivity contribution >= 4 is 23.2 Å². The molecule has 0 radical (unpaired) electrons. The number of nitrogens with one attached hydrogen (secondary N) is 1. The first-order valence-electron chi connectivity index (χ1n) is 7.05. The van der Waals surface area contributed by atoms with Gasteiger partial charge in [-0.25, -0.2) is 4.39 Å². The Labute approximate surface area is 129 Å². The van der Waals surface area contributed by atoms with Crippen LogP contribution in [0.2, 0.25) is 10.0 Å². The normalized spacial score (nSPS) is 20.1. The van der Waals surface area contributed by atoms with Crippen LogP contribution < -0.4 is 10.1 Å². The molecule has 2 unspecified atom stereocenters. The molecule has 2 atom stereocenters. The van der Waals surface area contributed by atoms with Gasteiger partial charge < -0.3 is 10.1 Å². The van der Waals surface area contributed by atoms with Crippen LogP contribution >= 0.6 is 23.2 Å².